The summed E-state index contributed by atoms with van der Waals surface area (Å²) in [6, 6.07) is 6.66. The third-order valence-corrected chi connectivity index (χ3v) is 3.68. The number of ether oxygens (including phenoxy) is 1. The second kappa shape index (κ2) is 6.04. The first-order valence-electron chi connectivity index (χ1n) is 7.19. The van der Waals surface area contributed by atoms with E-state index in [0.717, 1.165) is 9.80 Å². The highest BCUT2D eigenvalue weighted by Gasteiger charge is 2.34. The molecule has 0 saturated carbocycles. The molecule has 0 aliphatic carbocycles. The number of imide groups is 2. The van der Waals surface area contributed by atoms with E-state index in [2.05, 4.69) is 4.74 Å². The zero-order chi connectivity index (χ0) is 16.4. The van der Waals surface area contributed by atoms with Gasteiger partial charge in [0.25, 0.3) is 17.7 Å². The number of amides is 4. The van der Waals surface area contributed by atoms with E-state index in [4.69, 9.17) is 0 Å². The van der Waals surface area contributed by atoms with Crippen molar-refractivity contribution in [2.24, 2.45) is 0 Å². The van der Waals surface area contributed by atoms with E-state index >= 15 is 0 Å². The smallest absolute Gasteiger partial charge is 0.416 e. The zero-order valence-electron chi connectivity index (χ0n) is 12.2. The Balaban J connectivity index is 1.57. The van der Waals surface area contributed by atoms with E-state index in [0.29, 0.717) is 17.5 Å². The molecule has 1 aromatic carbocycles. The van der Waals surface area contributed by atoms with Gasteiger partial charge in [0.05, 0.1) is 17.7 Å². The molecule has 1 fully saturated rings. The highest BCUT2D eigenvalue weighted by molar-refractivity contribution is 6.21. The van der Waals surface area contributed by atoms with Crippen LogP contribution in [0.2, 0.25) is 0 Å². The minimum atomic E-state index is -0.653. The Bertz CT molecular complexity index is 690. The van der Waals surface area contributed by atoms with Gasteiger partial charge in [0.15, 0.2) is 0 Å². The molecular formula is C16H14N2O5. The van der Waals surface area contributed by atoms with Crippen LogP contribution in [-0.2, 0) is 9.53 Å². The predicted molar refractivity (Wildman–Crippen MR) is 78.6 cm³/mol. The van der Waals surface area contributed by atoms with Crippen molar-refractivity contribution in [3.63, 3.8) is 0 Å². The van der Waals surface area contributed by atoms with Gasteiger partial charge < -0.3 is 4.74 Å². The molecule has 1 aromatic rings. The van der Waals surface area contributed by atoms with Crippen LogP contribution in [0.25, 0.3) is 0 Å². The van der Waals surface area contributed by atoms with Crippen LogP contribution in [-0.4, -0.2) is 53.3 Å². The number of cyclic esters (lactones) is 1. The van der Waals surface area contributed by atoms with Crippen LogP contribution in [0.15, 0.2) is 36.4 Å². The Labute approximate surface area is 132 Å². The standard InChI is InChI=1S/C16H14N2O5/c19-13(17-9-10-23-16(17)22)7-3-4-8-18-14(20)11-5-1-2-6-12(11)15(18)21/h1-3,5-7H,4,8-10H2/b7-3-. The van der Waals surface area contributed by atoms with Crippen LogP contribution in [0.1, 0.15) is 27.1 Å². The van der Waals surface area contributed by atoms with Gasteiger partial charge >= 0.3 is 6.09 Å². The molecule has 7 heteroatoms. The molecule has 118 valence electrons. The van der Waals surface area contributed by atoms with Gasteiger partial charge in [-0.3, -0.25) is 19.3 Å². The summed E-state index contributed by atoms with van der Waals surface area (Å²) in [6.45, 7) is 0.619. The van der Waals surface area contributed by atoms with Gasteiger partial charge in [-0.1, -0.05) is 18.2 Å². The predicted octanol–water partition coefficient (Wildman–Crippen LogP) is 1.21. The molecule has 1 saturated heterocycles. The monoisotopic (exact) mass is 314 g/mol. The van der Waals surface area contributed by atoms with E-state index in [9.17, 15) is 19.2 Å². The first-order chi connectivity index (χ1) is 11.1. The second-order valence-corrected chi connectivity index (χ2v) is 5.10. The van der Waals surface area contributed by atoms with Gasteiger partial charge in [0, 0.05) is 6.54 Å². The molecule has 4 amide bonds. The Kier molecular flexibility index (Phi) is 3.92. The first kappa shape index (κ1) is 15.0. The molecule has 2 aliphatic heterocycles. The molecular weight excluding hydrogens is 300 g/mol. The lowest BCUT2D eigenvalue weighted by Gasteiger charge is -2.12. The van der Waals surface area contributed by atoms with Gasteiger partial charge in [-0.15, -0.1) is 0 Å². The number of rotatable bonds is 4. The lowest BCUT2D eigenvalue weighted by atomic mass is 10.1. The number of benzene rings is 1. The number of carbonyl (C=O) groups excluding carboxylic acids is 4. The normalized spacial score (nSPS) is 17.1. The van der Waals surface area contributed by atoms with Gasteiger partial charge in [0.1, 0.15) is 6.61 Å². The minimum Gasteiger partial charge on any atom is -0.447 e. The van der Waals surface area contributed by atoms with Crippen molar-refractivity contribution in [1.29, 1.82) is 0 Å². The van der Waals surface area contributed by atoms with Crippen LogP contribution >= 0.6 is 0 Å². The number of nitrogens with zero attached hydrogens (tertiary/aromatic N) is 2. The fraction of sp³-hybridized carbons (Fsp3) is 0.250. The quantitative estimate of drug-likeness (QED) is 0.616. The van der Waals surface area contributed by atoms with Crippen LogP contribution in [0.4, 0.5) is 4.79 Å². The summed E-state index contributed by atoms with van der Waals surface area (Å²) in [5, 5.41) is 0. The molecule has 0 spiro atoms. The van der Waals surface area contributed by atoms with Crippen LogP contribution in [0, 0.1) is 0 Å². The third kappa shape index (κ3) is 2.73. The van der Waals surface area contributed by atoms with Crippen molar-refractivity contribution < 1.29 is 23.9 Å². The van der Waals surface area contributed by atoms with Gasteiger partial charge in [0.2, 0.25) is 0 Å². The van der Waals surface area contributed by atoms with Crippen molar-refractivity contribution in [2.75, 3.05) is 19.7 Å². The number of hydrogen-bond acceptors (Lipinski definition) is 5. The third-order valence-electron chi connectivity index (χ3n) is 3.68. The lowest BCUT2D eigenvalue weighted by molar-refractivity contribution is -0.122. The van der Waals surface area contributed by atoms with Crippen molar-refractivity contribution in [3.05, 3.63) is 47.5 Å². The Morgan fingerprint density at radius 3 is 2.35 bits per heavy atom. The van der Waals surface area contributed by atoms with E-state index in [1.807, 2.05) is 0 Å². The summed E-state index contributed by atoms with van der Waals surface area (Å²) < 4.78 is 4.67. The molecule has 0 aromatic heterocycles. The molecule has 0 radical (unpaired) electrons. The summed E-state index contributed by atoms with van der Waals surface area (Å²) in [6.07, 6.45) is 2.47. The van der Waals surface area contributed by atoms with Crippen LogP contribution < -0.4 is 0 Å². The van der Waals surface area contributed by atoms with E-state index in [-0.39, 0.29) is 31.5 Å². The molecule has 2 heterocycles. The molecule has 23 heavy (non-hydrogen) atoms. The van der Waals surface area contributed by atoms with Crippen molar-refractivity contribution in [3.8, 4) is 0 Å². The van der Waals surface area contributed by atoms with Gasteiger partial charge in [-0.25, -0.2) is 9.69 Å². The first-order valence-corrected chi connectivity index (χ1v) is 7.19. The zero-order valence-corrected chi connectivity index (χ0v) is 12.2. The van der Waals surface area contributed by atoms with E-state index < -0.39 is 12.0 Å². The average molecular weight is 314 g/mol. The number of fused-ring (bicyclic) bond motifs is 1. The highest BCUT2D eigenvalue weighted by atomic mass is 16.6. The Morgan fingerprint density at radius 2 is 1.78 bits per heavy atom. The Morgan fingerprint density at radius 1 is 1.13 bits per heavy atom. The SMILES string of the molecule is O=C(/C=C\CCN1C(=O)c2ccccc2C1=O)N1CCOC1=O. The number of carbonyl (C=O) groups is 4. The molecule has 2 aliphatic rings. The molecule has 0 N–H and O–H groups in total. The maximum absolute atomic E-state index is 12.1. The summed E-state index contributed by atoms with van der Waals surface area (Å²) in [4.78, 5) is 49.4. The maximum Gasteiger partial charge on any atom is 0.416 e. The molecule has 0 atom stereocenters. The van der Waals surface area contributed by atoms with Crippen LogP contribution in [0.3, 0.4) is 0 Å². The molecule has 0 bridgehead atoms. The van der Waals surface area contributed by atoms with Crippen molar-refractivity contribution in [2.45, 2.75) is 6.42 Å². The Hall–Kier alpha value is -2.96. The van der Waals surface area contributed by atoms with E-state index in [1.165, 1.54) is 12.2 Å². The van der Waals surface area contributed by atoms with Gasteiger partial charge in [-0.2, -0.15) is 0 Å². The van der Waals surface area contributed by atoms with Crippen molar-refractivity contribution >= 4 is 23.8 Å². The fourth-order valence-corrected chi connectivity index (χ4v) is 2.51. The van der Waals surface area contributed by atoms with Crippen LogP contribution in [0.5, 0.6) is 0 Å². The highest BCUT2D eigenvalue weighted by Crippen LogP contribution is 2.22. The van der Waals surface area contributed by atoms with E-state index in [1.54, 1.807) is 24.3 Å². The average Bonchev–Trinajstić information content (AvgIpc) is 3.08. The minimum absolute atomic E-state index is 0.181. The lowest BCUT2D eigenvalue weighted by Crippen LogP contribution is -2.31. The van der Waals surface area contributed by atoms with Gasteiger partial charge in [-0.05, 0) is 24.6 Å². The van der Waals surface area contributed by atoms with Crippen molar-refractivity contribution in [1.82, 2.24) is 9.80 Å². The fourth-order valence-electron chi connectivity index (χ4n) is 2.51. The maximum atomic E-state index is 12.1. The largest absolute Gasteiger partial charge is 0.447 e. The summed E-state index contributed by atoms with van der Waals surface area (Å²) in [5.41, 5.74) is 0.801. The molecule has 7 nitrogen and oxygen atoms in total. The molecule has 0 unspecified atom stereocenters. The molecule has 3 rings (SSSR count). The number of hydrogen-bond donors (Lipinski definition) is 0. The summed E-state index contributed by atoms with van der Waals surface area (Å²) >= 11 is 0. The topological polar surface area (TPSA) is 84.0 Å². The summed E-state index contributed by atoms with van der Waals surface area (Å²) in [5.74, 6) is -1.11. The summed E-state index contributed by atoms with van der Waals surface area (Å²) in [7, 11) is 0. The second-order valence-electron chi connectivity index (χ2n) is 5.10.